The molecule has 504 valence electrons. The fourth-order valence-electron chi connectivity index (χ4n) is 16.0. The van der Waals surface area contributed by atoms with Gasteiger partial charge in [0.15, 0.2) is 0 Å². The molecule has 2 aliphatic carbocycles. The number of hydrogen-bond donors (Lipinski definition) is 0. The standard InChI is InChI=1S/C104H78N2/c1-6-9-22-70(4)71(5)104(21-8-3)106(91-30-18-28-82(64-91)86-48-44-80-42-40-78-27-15-17-33-95(78)101(80)67-86)92-31-19-29-83(65-92)87-49-45-81-54-60-98-96(34-20-35-97(98)102(81)68-87)99-61-59-93(69-103(99)76-24-12-11-13-25-76)105(89-55-50-73(51-56-89)84-46-38-75-37-36-72(23-10-7-2)62-88(75)63-84)90-57-52-74(53-58-90)85-47-43-79-41-39-77-26-14-16-32-94(77)100(79)66-85/h6-43,45-47,49-60,62-69,99H,1-5,44,48,61H2/b22-9-,23-10-,104-21+. The highest BCUT2D eigenvalue weighted by molar-refractivity contribution is 6.11. The molecule has 17 rings (SSSR count). The quantitative estimate of drug-likeness (QED) is 0.0588. The van der Waals surface area contributed by atoms with E-state index in [9.17, 15) is 0 Å². The van der Waals surface area contributed by atoms with E-state index in [1.54, 1.807) is 6.08 Å². The van der Waals surface area contributed by atoms with Crippen molar-refractivity contribution < 1.29 is 0 Å². The average Bonchev–Trinajstić information content (AvgIpc) is 0.755. The molecule has 0 saturated carbocycles. The predicted octanol–water partition coefficient (Wildman–Crippen LogP) is 28.6. The molecule has 15 aromatic rings. The van der Waals surface area contributed by atoms with Crippen LogP contribution in [-0.2, 0) is 6.42 Å². The lowest BCUT2D eigenvalue weighted by atomic mass is 9.78. The molecule has 2 heteroatoms. The number of nitrogens with zero attached hydrogens (tertiary/aromatic N) is 2. The summed E-state index contributed by atoms with van der Waals surface area (Å²) < 4.78 is 0. The van der Waals surface area contributed by atoms with Crippen LogP contribution in [0.2, 0.25) is 0 Å². The molecule has 2 aliphatic rings. The van der Waals surface area contributed by atoms with E-state index < -0.39 is 0 Å². The summed E-state index contributed by atoms with van der Waals surface area (Å²) in [6.45, 7) is 21.3. The lowest BCUT2D eigenvalue weighted by Gasteiger charge is -2.32. The summed E-state index contributed by atoms with van der Waals surface area (Å²) in [4.78, 5) is 4.76. The molecule has 0 N–H and O–H groups in total. The predicted molar refractivity (Wildman–Crippen MR) is 459 cm³/mol. The molecule has 0 heterocycles. The second kappa shape index (κ2) is 28.8. The van der Waals surface area contributed by atoms with Crippen molar-refractivity contribution in [1.29, 1.82) is 0 Å². The summed E-state index contributed by atoms with van der Waals surface area (Å²) in [6, 6.07) is 112. The molecule has 15 aromatic carbocycles. The molecule has 106 heavy (non-hydrogen) atoms. The van der Waals surface area contributed by atoms with Crippen molar-refractivity contribution in [2.45, 2.75) is 25.2 Å². The molecule has 0 radical (unpaired) electrons. The SMILES string of the molecule is C=C/C=C\C(=C)C(=C)/C(=C\C=C)N(c1cccc(C2=Cc3c(ccc4ccccc34)CC2)c1)c1cccc(-c2ccc3ccc4c(C5CC=C(N(c6ccc(-c7ccc8ccc(/C=C\C=C)cc8c7)cc6)c6ccc(-c7ccc8ccc9ccccc9c8c7)cc6)C=C5c5ccccc5)cccc4c3c2)c1. The van der Waals surface area contributed by atoms with E-state index >= 15 is 0 Å². The van der Waals surface area contributed by atoms with Gasteiger partial charge in [-0.2, -0.15) is 0 Å². The molecule has 2 nitrogen and oxygen atoms in total. The zero-order chi connectivity index (χ0) is 71.6. The number of anilines is 4. The summed E-state index contributed by atoms with van der Waals surface area (Å²) >= 11 is 0. The summed E-state index contributed by atoms with van der Waals surface area (Å²) in [7, 11) is 0. The maximum atomic E-state index is 4.69. The van der Waals surface area contributed by atoms with Crippen molar-refractivity contribution in [3.63, 3.8) is 0 Å². The van der Waals surface area contributed by atoms with E-state index in [-0.39, 0.29) is 5.92 Å². The Morgan fingerprint density at radius 2 is 0.915 bits per heavy atom. The third kappa shape index (κ3) is 12.8. The monoisotopic (exact) mass is 1350 g/mol. The fourth-order valence-corrected chi connectivity index (χ4v) is 16.0. The van der Waals surface area contributed by atoms with Crippen molar-refractivity contribution in [2.75, 3.05) is 9.80 Å². The van der Waals surface area contributed by atoms with Crippen LogP contribution in [0.25, 0.3) is 121 Å². The molecule has 1 unspecified atom stereocenters. The Bertz CT molecular complexity index is 6260. The van der Waals surface area contributed by atoms with Gasteiger partial charge in [-0.1, -0.05) is 318 Å². The van der Waals surface area contributed by atoms with Crippen molar-refractivity contribution in [2.24, 2.45) is 0 Å². The van der Waals surface area contributed by atoms with Crippen LogP contribution in [0.15, 0.2) is 413 Å². The van der Waals surface area contributed by atoms with Gasteiger partial charge < -0.3 is 9.80 Å². The van der Waals surface area contributed by atoms with Crippen molar-refractivity contribution >= 4 is 111 Å². The van der Waals surface area contributed by atoms with Gasteiger partial charge in [0, 0.05) is 34.4 Å². The Kier molecular flexibility index (Phi) is 17.9. The van der Waals surface area contributed by atoms with Gasteiger partial charge >= 0.3 is 0 Å². The second-order valence-corrected chi connectivity index (χ2v) is 27.7. The third-order valence-corrected chi connectivity index (χ3v) is 21.5. The molecule has 0 spiro atoms. The maximum Gasteiger partial charge on any atom is 0.0533 e. The lowest BCUT2D eigenvalue weighted by molar-refractivity contribution is 0.867. The Morgan fingerprint density at radius 1 is 0.368 bits per heavy atom. The van der Waals surface area contributed by atoms with Gasteiger partial charge in [0.2, 0.25) is 0 Å². The minimum atomic E-state index is 0.0499. The van der Waals surface area contributed by atoms with E-state index in [1.807, 2.05) is 36.5 Å². The fraction of sp³-hybridized carbons (Fsp3) is 0.0385. The van der Waals surface area contributed by atoms with Crippen LogP contribution in [0.1, 0.15) is 52.1 Å². The van der Waals surface area contributed by atoms with Gasteiger partial charge in [-0.25, -0.2) is 0 Å². The van der Waals surface area contributed by atoms with Crippen LogP contribution in [0.3, 0.4) is 0 Å². The van der Waals surface area contributed by atoms with Gasteiger partial charge in [-0.15, -0.1) is 0 Å². The van der Waals surface area contributed by atoms with Crippen LogP contribution in [0.4, 0.5) is 22.7 Å². The number of benzene rings is 15. The van der Waals surface area contributed by atoms with Gasteiger partial charge in [0.25, 0.3) is 0 Å². The number of fused-ring (bicyclic) bond motifs is 10. The van der Waals surface area contributed by atoms with E-state index in [4.69, 9.17) is 6.58 Å². The minimum absolute atomic E-state index is 0.0499. The molecular weight excluding hydrogens is 1280 g/mol. The highest BCUT2D eigenvalue weighted by Crippen LogP contribution is 2.48. The van der Waals surface area contributed by atoms with Crippen LogP contribution in [0.5, 0.6) is 0 Å². The minimum Gasteiger partial charge on any atom is -0.311 e. The molecule has 0 aliphatic heterocycles. The number of hydrogen-bond acceptors (Lipinski definition) is 2. The van der Waals surface area contributed by atoms with Crippen LogP contribution >= 0.6 is 0 Å². The molecule has 0 saturated heterocycles. The normalized spacial score (nSPS) is 13.8. The van der Waals surface area contributed by atoms with Crippen LogP contribution < -0.4 is 9.80 Å². The number of rotatable bonds is 19. The summed E-state index contributed by atoms with van der Waals surface area (Å²) in [5.74, 6) is 0.0499. The first-order valence-electron chi connectivity index (χ1n) is 36.6. The lowest BCUT2D eigenvalue weighted by Crippen LogP contribution is -2.19. The Hall–Kier alpha value is -13.4. The van der Waals surface area contributed by atoms with E-state index in [1.165, 1.54) is 120 Å². The maximum absolute atomic E-state index is 4.69. The van der Waals surface area contributed by atoms with Crippen LogP contribution in [-0.4, -0.2) is 0 Å². The van der Waals surface area contributed by atoms with Gasteiger partial charge in [-0.05, 0) is 258 Å². The van der Waals surface area contributed by atoms with E-state index in [0.29, 0.717) is 0 Å². The largest absolute Gasteiger partial charge is 0.311 e. The molecule has 1 atom stereocenters. The molecular formula is C104H78N2. The molecule has 0 fully saturated rings. The summed E-state index contributed by atoms with van der Waals surface area (Å²) in [5, 5.41) is 14.8. The Labute approximate surface area is 621 Å². The zero-order valence-electron chi connectivity index (χ0n) is 59.3. The first-order chi connectivity index (χ1) is 52.2. The average molecular weight is 1360 g/mol. The van der Waals surface area contributed by atoms with Gasteiger partial charge in [0.1, 0.15) is 0 Å². The first-order valence-corrected chi connectivity index (χ1v) is 36.6. The highest BCUT2D eigenvalue weighted by atomic mass is 15.2. The Balaban J connectivity index is 0.739. The topological polar surface area (TPSA) is 6.48 Å². The Morgan fingerprint density at radius 3 is 1.63 bits per heavy atom. The third-order valence-electron chi connectivity index (χ3n) is 21.5. The molecule has 0 bridgehead atoms. The van der Waals surface area contributed by atoms with E-state index in [0.717, 1.165) is 86.8 Å². The zero-order valence-corrected chi connectivity index (χ0v) is 59.3. The van der Waals surface area contributed by atoms with Gasteiger partial charge in [-0.3, -0.25) is 0 Å². The molecule has 0 aromatic heterocycles. The van der Waals surface area contributed by atoms with Gasteiger partial charge in [0.05, 0.1) is 5.70 Å². The smallest absolute Gasteiger partial charge is 0.0533 e. The highest BCUT2D eigenvalue weighted by Gasteiger charge is 2.28. The van der Waals surface area contributed by atoms with Crippen molar-refractivity contribution in [1.82, 2.24) is 0 Å². The van der Waals surface area contributed by atoms with Crippen molar-refractivity contribution in [3.8, 4) is 33.4 Å². The van der Waals surface area contributed by atoms with E-state index in [2.05, 4.69) is 364 Å². The molecule has 0 amide bonds. The summed E-state index contributed by atoms with van der Waals surface area (Å²) in [5.41, 5.74) is 24.7. The summed E-state index contributed by atoms with van der Waals surface area (Å²) in [6.07, 6.45) is 25.5. The van der Waals surface area contributed by atoms with Crippen molar-refractivity contribution in [3.05, 3.63) is 447 Å². The second-order valence-electron chi connectivity index (χ2n) is 27.7. The number of allylic oxidation sites excluding steroid dienone is 12. The number of aryl methyl sites for hydroxylation is 1. The first kappa shape index (κ1) is 65.9. The van der Waals surface area contributed by atoms with Crippen LogP contribution in [0, 0.1) is 0 Å².